The van der Waals surface area contributed by atoms with Gasteiger partial charge in [-0.2, -0.15) is 0 Å². The van der Waals surface area contributed by atoms with Crippen molar-refractivity contribution < 1.29 is 13.8 Å². The molecule has 2 unspecified atom stereocenters. The summed E-state index contributed by atoms with van der Waals surface area (Å²) in [6, 6.07) is 0. The van der Waals surface area contributed by atoms with Gasteiger partial charge in [0.2, 0.25) is 0 Å². The van der Waals surface area contributed by atoms with Gasteiger partial charge < -0.3 is 14.4 Å². The van der Waals surface area contributed by atoms with Crippen LogP contribution in [0, 0.1) is 5.16 Å². The predicted molar refractivity (Wildman–Crippen MR) is 64.2 cm³/mol. The van der Waals surface area contributed by atoms with Gasteiger partial charge in [-0.15, -0.1) is 0 Å². The summed E-state index contributed by atoms with van der Waals surface area (Å²) in [7, 11) is 1.46. The Morgan fingerprint density at radius 3 is 2.60 bits per heavy atom. The third-order valence-corrected chi connectivity index (χ3v) is 6.03. The molecule has 0 saturated heterocycles. The van der Waals surface area contributed by atoms with E-state index in [1.165, 1.54) is 18.4 Å². The van der Waals surface area contributed by atoms with E-state index in [0.717, 1.165) is 6.42 Å². The van der Waals surface area contributed by atoms with Gasteiger partial charge >= 0.3 is 12.8 Å². The fourth-order valence-corrected chi connectivity index (χ4v) is 4.84. The van der Waals surface area contributed by atoms with Crippen LogP contribution in [0.5, 0.6) is 0 Å². The van der Waals surface area contributed by atoms with Gasteiger partial charge in [0.15, 0.2) is 0 Å². The van der Waals surface area contributed by atoms with Gasteiger partial charge in [-0.3, -0.25) is 5.16 Å². The normalized spacial score (nSPS) is 16.5. The van der Waals surface area contributed by atoms with Crippen LogP contribution in [0.15, 0.2) is 0 Å². The summed E-state index contributed by atoms with van der Waals surface area (Å²) in [5, 5.41) is 10.5. The number of hydrogen-bond donors (Lipinski definition) is 2. The third-order valence-electron chi connectivity index (χ3n) is 1.60. The quantitative estimate of drug-likeness (QED) is 0.712. The zero-order valence-electron chi connectivity index (χ0n) is 9.57. The summed E-state index contributed by atoms with van der Waals surface area (Å²) < 4.78 is 10.2. The van der Waals surface area contributed by atoms with Gasteiger partial charge in [0, 0.05) is 12.3 Å². The van der Waals surface area contributed by atoms with Crippen molar-refractivity contribution >= 4 is 24.2 Å². The molecule has 0 aliphatic rings. The molecule has 2 atom stereocenters. The Balaban J connectivity index is 4.44. The summed E-state index contributed by atoms with van der Waals surface area (Å²) in [4.78, 5) is 11.1. The number of carbonyl (C=O) groups is 1. The second kappa shape index (κ2) is 7.14. The van der Waals surface area contributed by atoms with Crippen molar-refractivity contribution in [2.45, 2.75) is 32.4 Å². The number of hydrogen-bond acceptors (Lipinski definition) is 5. The van der Waals surface area contributed by atoms with Crippen LogP contribution in [0.3, 0.4) is 0 Å². The molecule has 0 saturated carbocycles. The minimum atomic E-state index is -2.86. The lowest BCUT2D eigenvalue weighted by atomic mass is 10.4. The number of nitrogens with one attached hydrogen (secondary N) is 2. The van der Waals surface area contributed by atoms with Crippen LogP contribution in [-0.4, -0.2) is 25.0 Å². The topological polar surface area (TPSA) is 71.4 Å². The second-order valence-corrected chi connectivity index (χ2v) is 7.39. The van der Waals surface area contributed by atoms with Crippen molar-refractivity contribution in [1.29, 1.82) is 5.16 Å². The number of rotatable bonds is 6. The Morgan fingerprint density at radius 2 is 2.20 bits per heavy atom. The zero-order valence-corrected chi connectivity index (χ0v) is 11.3. The molecule has 0 fully saturated rings. The Hall–Kier alpha value is -0.190. The number of carbonyl (C=O) groups excluding carboxylic acids is 1. The lowest BCUT2D eigenvalue weighted by Crippen LogP contribution is -2.18. The Kier molecular flexibility index (Phi) is 7.05. The van der Waals surface area contributed by atoms with Gasteiger partial charge in [0.25, 0.3) is 0 Å². The Bertz CT molecular complexity index is 250. The molecule has 0 heterocycles. The summed E-state index contributed by atoms with van der Waals surface area (Å²) in [5.41, 5.74) is 0. The summed E-state index contributed by atoms with van der Waals surface area (Å²) >= 11 is 1.29. The molecule has 0 aromatic rings. The van der Waals surface area contributed by atoms with Crippen LogP contribution in [0.1, 0.15) is 27.2 Å². The highest BCUT2D eigenvalue weighted by atomic mass is 32.7. The Morgan fingerprint density at radius 1 is 1.60 bits per heavy atom. The zero-order chi connectivity index (χ0) is 11.9. The highest BCUT2D eigenvalue weighted by molar-refractivity contribution is 8.55. The minimum Gasteiger partial charge on any atom is -0.382 e. The van der Waals surface area contributed by atoms with Gasteiger partial charge in [-0.05, 0) is 24.7 Å². The molecule has 0 aliphatic carbocycles. The van der Waals surface area contributed by atoms with Crippen LogP contribution < -0.4 is 5.32 Å². The highest BCUT2D eigenvalue weighted by Crippen LogP contribution is 2.63. The van der Waals surface area contributed by atoms with Gasteiger partial charge in [0.1, 0.15) is 0 Å². The molecule has 0 rings (SSSR count). The summed E-state index contributed by atoms with van der Waals surface area (Å²) in [6.45, 7) is 3.31. The van der Waals surface area contributed by atoms with E-state index in [-0.39, 0.29) is 5.25 Å². The summed E-state index contributed by atoms with van der Waals surface area (Å²) in [6.07, 6.45) is 0.303. The predicted octanol–water partition coefficient (Wildman–Crippen LogP) is 3.44. The molecular formula is C8H19N2O3PS. The summed E-state index contributed by atoms with van der Waals surface area (Å²) in [5.74, 6) is 0. The average molecular weight is 254 g/mol. The molecule has 0 bridgehead atoms. The first-order valence-electron chi connectivity index (χ1n) is 4.85. The number of amides is 1. The van der Waals surface area contributed by atoms with E-state index in [0.29, 0.717) is 6.61 Å². The second-order valence-electron chi connectivity index (χ2n) is 2.87. The molecule has 0 radical (unpaired) electrons. The van der Waals surface area contributed by atoms with E-state index in [4.69, 9.17) is 14.2 Å². The van der Waals surface area contributed by atoms with Crippen molar-refractivity contribution in [3.63, 3.8) is 0 Å². The van der Waals surface area contributed by atoms with Crippen molar-refractivity contribution in [3.8, 4) is 0 Å². The van der Waals surface area contributed by atoms with Crippen molar-refractivity contribution in [2.75, 3.05) is 13.7 Å². The van der Waals surface area contributed by atoms with Crippen molar-refractivity contribution in [2.24, 2.45) is 0 Å². The third kappa shape index (κ3) is 6.07. The van der Waals surface area contributed by atoms with Gasteiger partial charge in [-0.25, -0.2) is 4.79 Å². The SMILES string of the molecule is CCOP(=N)(OC(=O)NC)SC(C)CC. The monoisotopic (exact) mass is 254 g/mol. The van der Waals surface area contributed by atoms with E-state index >= 15 is 0 Å². The molecule has 0 spiro atoms. The molecule has 1 amide bonds. The molecule has 0 aromatic carbocycles. The maximum Gasteiger partial charge on any atom is 0.412 e. The van der Waals surface area contributed by atoms with Crippen LogP contribution >= 0.6 is 18.1 Å². The largest absolute Gasteiger partial charge is 0.412 e. The fraction of sp³-hybridized carbons (Fsp3) is 0.875. The van der Waals surface area contributed by atoms with Crippen LogP contribution in [0.25, 0.3) is 0 Å². The van der Waals surface area contributed by atoms with Crippen molar-refractivity contribution in [1.82, 2.24) is 5.32 Å². The fourth-order valence-electron chi connectivity index (χ4n) is 0.714. The van der Waals surface area contributed by atoms with Gasteiger partial charge in [-0.1, -0.05) is 13.8 Å². The van der Waals surface area contributed by atoms with Gasteiger partial charge in [0.05, 0.1) is 6.61 Å². The van der Waals surface area contributed by atoms with E-state index in [1.54, 1.807) is 6.92 Å². The van der Waals surface area contributed by atoms with Crippen LogP contribution in [-0.2, 0) is 9.05 Å². The molecule has 0 aromatic heterocycles. The molecule has 7 heteroatoms. The molecule has 15 heavy (non-hydrogen) atoms. The lowest BCUT2D eigenvalue weighted by molar-refractivity contribution is 0.197. The molecular weight excluding hydrogens is 235 g/mol. The molecule has 2 N–H and O–H groups in total. The highest BCUT2D eigenvalue weighted by Gasteiger charge is 2.26. The van der Waals surface area contributed by atoms with E-state index < -0.39 is 12.8 Å². The van der Waals surface area contributed by atoms with Crippen LogP contribution in [0.2, 0.25) is 0 Å². The first kappa shape index (κ1) is 14.8. The average Bonchev–Trinajstić information content (AvgIpc) is 2.17. The first-order chi connectivity index (χ1) is 6.97. The molecule has 5 nitrogen and oxygen atoms in total. The Labute approximate surface area is 95.1 Å². The van der Waals surface area contributed by atoms with Crippen LogP contribution in [0.4, 0.5) is 4.79 Å². The minimum absolute atomic E-state index is 0.243. The first-order valence-corrected chi connectivity index (χ1v) is 7.96. The maximum absolute atomic E-state index is 11.1. The van der Waals surface area contributed by atoms with E-state index in [9.17, 15) is 4.79 Å². The lowest BCUT2D eigenvalue weighted by Gasteiger charge is -2.22. The molecule has 0 aliphatic heterocycles. The standard InChI is InChI=1S/C8H19N2O3PS/c1-5-7(3)15-14(9,12-6-2)13-8(11)10-4/h7,9H,5-6H2,1-4H3,(H,10,11). The maximum atomic E-state index is 11.1. The van der Waals surface area contributed by atoms with E-state index in [2.05, 4.69) is 5.32 Å². The van der Waals surface area contributed by atoms with Crippen molar-refractivity contribution in [3.05, 3.63) is 0 Å². The van der Waals surface area contributed by atoms with E-state index in [1.807, 2.05) is 13.8 Å². The smallest absolute Gasteiger partial charge is 0.382 e. The molecule has 90 valence electrons.